The van der Waals surface area contributed by atoms with E-state index in [1.165, 1.54) is 11.6 Å². The molecular formula is C14H11BrFN. The quantitative estimate of drug-likeness (QED) is 0.826. The van der Waals surface area contributed by atoms with E-state index in [1.807, 2.05) is 24.3 Å². The molecule has 1 nitrogen and oxygen atoms in total. The Morgan fingerprint density at radius 3 is 2.82 bits per heavy atom. The molecule has 1 N–H and O–H groups in total. The molecule has 0 bridgehead atoms. The van der Waals surface area contributed by atoms with Crippen molar-refractivity contribution in [2.24, 2.45) is 0 Å². The van der Waals surface area contributed by atoms with Gasteiger partial charge in [0.2, 0.25) is 0 Å². The third-order valence-electron chi connectivity index (χ3n) is 3.10. The Kier molecular flexibility index (Phi) is 2.63. The summed E-state index contributed by atoms with van der Waals surface area (Å²) in [7, 11) is 0. The molecule has 0 saturated carbocycles. The van der Waals surface area contributed by atoms with E-state index in [0.29, 0.717) is 0 Å². The SMILES string of the molecule is Fc1ccc2c(c1)CC(c1ccccc1Br)N2. The Hall–Kier alpha value is -1.35. The van der Waals surface area contributed by atoms with E-state index < -0.39 is 0 Å². The molecule has 0 amide bonds. The summed E-state index contributed by atoms with van der Waals surface area (Å²) in [6.07, 6.45) is 0.829. The van der Waals surface area contributed by atoms with Gasteiger partial charge >= 0.3 is 0 Å². The molecule has 0 fully saturated rings. The summed E-state index contributed by atoms with van der Waals surface area (Å²) in [5, 5.41) is 3.42. The monoisotopic (exact) mass is 291 g/mol. The van der Waals surface area contributed by atoms with Crippen LogP contribution in [0.15, 0.2) is 46.9 Å². The lowest BCUT2D eigenvalue weighted by atomic mass is 10.0. The molecule has 3 heteroatoms. The van der Waals surface area contributed by atoms with Gasteiger partial charge in [-0.15, -0.1) is 0 Å². The van der Waals surface area contributed by atoms with E-state index in [2.05, 4.69) is 27.3 Å². The molecule has 0 aliphatic carbocycles. The number of fused-ring (bicyclic) bond motifs is 1. The maximum Gasteiger partial charge on any atom is 0.123 e. The van der Waals surface area contributed by atoms with Gasteiger partial charge in [-0.05, 0) is 41.8 Å². The van der Waals surface area contributed by atoms with Gasteiger partial charge in [-0.1, -0.05) is 34.1 Å². The van der Waals surface area contributed by atoms with E-state index in [1.54, 1.807) is 6.07 Å². The summed E-state index contributed by atoms with van der Waals surface area (Å²) in [5.41, 5.74) is 3.29. The van der Waals surface area contributed by atoms with Crippen molar-refractivity contribution in [2.75, 3.05) is 5.32 Å². The molecule has 17 heavy (non-hydrogen) atoms. The van der Waals surface area contributed by atoms with Crippen LogP contribution in [-0.4, -0.2) is 0 Å². The number of hydrogen-bond donors (Lipinski definition) is 1. The van der Waals surface area contributed by atoms with Crippen LogP contribution in [-0.2, 0) is 6.42 Å². The van der Waals surface area contributed by atoms with Gasteiger partial charge in [0.1, 0.15) is 5.82 Å². The normalized spacial score (nSPS) is 17.6. The van der Waals surface area contributed by atoms with Gasteiger partial charge in [-0.2, -0.15) is 0 Å². The van der Waals surface area contributed by atoms with Crippen LogP contribution >= 0.6 is 15.9 Å². The Morgan fingerprint density at radius 2 is 2.00 bits per heavy atom. The minimum atomic E-state index is -0.168. The van der Waals surface area contributed by atoms with Crippen molar-refractivity contribution in [3.05, 3.63) is 63.9 Å². The number of nitrogens with one attached hydrogen (secondary N) is 1. The topological polar surface area (TPSA) is 12.0 Å². The number of halogens is 2. The van der Waals surface area contributed by atoms with Crippen LogP contribution in [0.3, 0.4) is 0 Å². The molecular weight excluding hydrogens is 281 g/mol. The third-order valence-corrected chi connectivity index (χ3v) is 3.82. The molecule has 1 heterocycles. The average Bonchev–Trinajstić information content (AvgIpc) is 2.72. The van der Waals surface area contributed by atoms with Gasteiger partial charge in [-0.25, -0.2) is 4.39 Å². The Morgan fingerprint density at radius 1 is 1.18 bits per heavy atom. The van der Waals surface area contributed by atoms with Crippen LogP contribution in [0.4, 0.5) is 10.1 Å². The predicted octanol–water partition coefficient (Wildman–Crippen LogP) is 4.30. The second-order valence-corrected chi connectivity index (χ2v) is 5.08. The lowest BCUT2D eigenvalue weighted by Gasteiger charge is -2.13. The van der Waals surface area contributed by atoms with Crippen molar-refractivity contribution in [3.8, 4) is 0 Å². The highest BCUT2D eigenvalue weighted by molar-refractivity contribution is 9.10. The van der Waals surface area contributed by atoms with Crippen LogP contribution in [0.25, 0.3) is 0 Å². The van der Waals surface area contributed by atoms with E-state index >= 15 is 0 Å². The first kappa shape index (κ1) is 10.8. The van der Waals surface area contributed by atoms with E-state index in [-0.39, 0.29) is 11.9 Å². The van der Waals surface area contributed by atoms with Crippen LogP contribution in [0.1, 0.15) is 17.2 Å². The summed E-state index contributed by atoms with van der Waals surface area (Å²) in [6.45, 7) is 0. The number of benzene rings is 2. The zero-order valence-electron chi connectivity index (χ0n) is 9.08. The summed E-state index contributed by atoms with van der Waals surface area (Å²) >= 11 is 3.55. The number of anilines is 1. The van der Waals surface area contributed by atoms with Crippen molar-refractivity contribution in [3.63, 3.8) is 0 Å². The molecule has 0 spiro atoms. The molecule has 2 aromatic rings. The van der Waals surface area contributed by atoms with Crippen molar-refractivity contribution in [2.45, 2.75) is 12.5 Å². The van der Waals surface area contributed by atoms with Crippen molar-refractivity contribution >= 4 is 21.6 Å². The molecule has 1 aliphatic rings. The first-order valence-corrected chi connectivity index (χ1v) is 6.33. The fraction of sp³-hybridized carbons (Fsp3) is 0.143. The summed E-state index contributed by atoms with van der Waals surface area (Å²) in [6, 6.07) is 13.3. The van der Waals surface area contributed by atoms with Crippen molar-refractivity contribution in [1.29, 1.82) is 0 Å². The molecule has 0 radical (unpaired) electrons. The van der Waals surface area contributed by atoms with Gasteiger partial charge in [0, 0.05) is 10.2 Å². The first-order chi connectivity index (χ1) is 8.24. The second kappa shape index (κ2) is 4.15. The second-order valence-electron chi connectivity index (χ2n) is 4.22. The maximum atomic E-state index is 13.1. The highest BCUT2D eigenvalue weighted by atomic mass is 79.9. The van der Waals surface area contributed by atoms with Gasteiger partial charge in [-0.3, -0.25) is 0 Å². The Labute approximate surface area is 108 Å². The summed E-state index contributed by atoms with van der Waals surface area (Å²) in [4.78, 5) is 0. The number of rotatable bonds is 1. The third kappa shape index (κ3) is 1.95. The number of hydrogen-bond acceptors (Lipinski definition) is 1. The Bertz CT molecular complexity index is 568. The minimum Gasteiger partial charge on any atom is -0.378 e. The van der Waals surface area contributed by atoms with Gasteiger partial charge in [0.05, 0.1) is 6.04 Å². The maximum absolute atomic E-state index is 13.1. The fourth-order valence-corrected chi connectivity index (χ4v) is 2.84. The lowest BCUT2D eigenvalue weighted by Crippen LogP contribution is -2.06. The standard InChI is InChI=1S/C14H11BrFN/c15-12-4-2-1-3-11(12)14-8-9-7-10(16)5-6-13(9)17-14/h1-7,14,17H,8H2. The molecule has 0 aromatic heterocycles. The molecule has 1 unspecified atom stereocenters. The van der Waals surface area contributed by atoms with E-state index in [9.17, 15) is 4.39 Å². The van der Waals surface area contributed by atoms with Crippen LogP contribution < -0.4 is 5.32 Å². The summed E-state index contributed by atoms with van der Waals surface area (Å²) in [5.74, 6) is -0.168. The average molecular weight is 292 g/mol. The van der Waals surface area contributed by atoms with Crippen LogP contribution in [0.2, 0.25) is 0 Å². The van der Waals surface area contributed by atoms with Gasteiger partial charge in [0.25, 0.3) is 0 Å². The first-order valence-electron chi connectivity index (χ1n) is 5.53. The van der Waals surface area contributed by atoms with Crippen LogP contribution in [0.5, 0.6) is 0 Å². The fourth-order valence-electron chi connectivity index (χ4n) is 2.28. The zero-order chi connectivity index (χ0) is 11.8. The molecule has 1 atom stereocenters. The molecule has 86 valence electrons. The molecule has 0 saturated heterocycles. The minimum absolute atomic E-state index is 0.168. The molecule has 3 rings (SSSR count). The van der Waals surface area contributed by atoms with Crippen molar-refractivity contribution in [1.82, 2.24) is 0 Å². The van der Waals surface area contributed by atoms with Gasteiger partial charge < -0.3 is 5.32 Å². The van der Waals surface area contributed by atoms with Crippen LogP contribution in [0, 0.1) is 5.82 Å². The van der Waals surface area contributed by atoms with E-state index in [4.69, 9.17) is 0 Å². The zero-order valence-corrected chi connectivity index (χ0v) is 10.7. The lowest BCUT2D eigenvalue weighted by molar-refractivity contribution is 0.626. The highest BCUT2D eigenvalue weighted by Crippen LogP contribution is 2.36. The molecule has 1 aliphatic heterocycles. The van der Waals surface area contributed by atoms with Crippen molar-refractivity contribution < 1.29 is 4.39 Å². The predicted molar refractivity (Wildman–Crippen MR) is 70.6 cm³/mol. The van der Waals surface area contributed by atoms with E-state index in [0.717, 1.165) is 22.1 Å². The largest absolute Gasteiger partial charge is 0.378 e. The van der Waals surface area contributed by atoms with Gasteiger partial charge in [0.15, 0.2) is 0 Å². The highest BCUT2D eigenvalue weighted by Gasteiger charge is 2.23. The molecule has 2 aromatic carbocycles. The smallest absolute Gasteiger partial charge is 0.123 e. The Balaban J connectivity index is 1.94. The summed E-state index contributed by atoms with van der Waals surface area (Å²) < 4.78 is 14.2.